The molecule has 0 rings (SSSR count). The molecule has 0 aromatic carbocycles. The first-order chi connectivity index (χ1) is 7.29. The molecule has 0 spiro atoms. The summed E-state index contributed by atoms with van der Waals surface area (Å²) in [6.07, 6.45) is 6.35. The van der Waals surface area contributed by atoms with Crippen LogP contribution in [0, 0.1) is 5.41 Å². The number of carbonyl (C=O) groups is 2. The van der Waals surface area contributed by atoms with E-state index in [0.717, 1.165) is 0 Å². The van der Waals surface area contributed by atoms with Gasteiger partial charge in [-0.3, -0.25) is 4.79 Å². The van der Waals surface area contributed by atoms with Crippen molar-refractivity contribution in [3.05, 3.63) is 24.3 Å². The highest BCUT2D eigenvalue weighted by molar-refractivity contribution is 5.91. The topological polar surface area (TPSA) is 66.4 Å². The minimum Gasteiger partial charge on any atom is -0.480 e. The van der Waals surface area contributed by atoms with Crippen molar-refractivity contribution in [2.45, 2.75) is 33.7 Å². The summed E-state index contributed by atoms with van der Waals surface area (Å²) in [5, 5.41) is 11.4. The number of amides is 1. The third-order valence-corrected chi connectivity index (χ3v) is 1.95. The average Bonchev–Trinajstić information content (AvgIpc) is 2.12. The van der Waals surface area contributed by atoms with E-state index in [1.54, 1.807) is 39.0 Å². The van der Waals surface area contributed by atoms with Crippen LogP contribution >= 0.6 is 0 Å². The fourth-order valence-electron chi connectivity index (χ4n) is 1.09. The Kier molecular flexibility index (Phi) is 5.50. The van der Waals surface area contributed by atoms with Gasteiger partial charge >= 0.3 is 5.97 Å². The molecule has 0 aliphatic rings. The molecular formula is C12H19NO3. The molecule has 0 saturated carbocycles. The van der Waals surface area contributed by atoms with Gasteiger partial charge in [-0.25, -0.2) is 4.79 Å². The van der Waals surface area contributed by atoms with E-state index in [0.29, 0.717) is 0 Å². The van der Waals surface area contributed by atoms with Crippen molar-refractivity contribution in [3.8, 4) is 0 Å². The predicted molar refractivity (Wildman–Crippen MR) is 63.0 cm³/mol. The first-order valence-corrected chi connectivity index (χ1v) is 5.11. The number of carboxylic acid groups (broad SMARTS) is 1. The molecule has 1 amide bonds. The minimum atomic E-state index is -1.03. The number of aliphatic carboxylic acids is 1. The number of allylic oxidation sites excluding steroid dienone is 3. The van der Waals surface area contributed by atoms with E-state index in [2.05, 4.69) is 5.32 Å². The maximum absolute atomic E-state index is 11.4. The van der Waals surface area contributed by atoms with Gasteiger partial charge < -0.3 is 10.4 Å². The van der Waals surface area contributed by atoms with Gasteiger partial charge in [-0.1, -0.05) is 39.0 Å². The molecule has 2 N–H and O–H groups in total. The summed E-state index contributed by atoms with van der Waals surface area (Å²) in [7, 11) is 0. The first-order valence-electron chi connectivity index (χ1n) is 5.11. The van der Waals surface area contributed by atoms with Crippen LogP contribution in [0.4, 0.5) is 0 Å². The van der Waals surface area contributed by atoms with Crippen LogP contribution in [-0.4, -0.2) is 23.0 Å². The fourth-order valence-corrected chi connectivity index (χ4v) is 1.09. The Morgan fingerprint density at radius 2 is 1.81 bits per heavy atom. The van der Waals surface area contributed by atoms with Gasteiger partial charge in [0, 0.05) is 6.08 Å². The van der Waals surface area contributed by atoms with Crippen LogP contribution in [0.1, 0.15) is 27.7 Å². The summed E-state index contributed by atoms with van der Waals surface area (Å²) in [5.74, 6) is -1.43. The van der Waals surface area contributed by atoms with Gasteiger partial charge in [0.05, 0.1) is 0 Å². The van der Waals surface area contributed by atoms with Gasteiger partial charge in [0.2, 0.25) is 5.91 Å². The lowest BCUT2D eigenvalue weighted by atomic mass is 9.87. The standard InChI is InChI=1S/C12H19NO3/c1-5-6-7-8-9(14)13-10(11(15)16)12(2,3)4/h5-8,10H,1-4H3,(H,13,14)(H,15,16)/b6-5+,8-7+. The first kappa shape index (κ1) is 14.4. The zero-order valence-electron chi connectivity index (χ0n) is 10.2. The molecule has 0 aliphatic carbocycles. The van der Waals surface area contributed by atoms with Crippen molar-refractivity contribution in [2.75, 3.05) is 0 Å². The summed E-state index contributed by atoms with van der Waals surface area (Å²) in [6.45, 7) is 7.13. The van der Waals surface area contributed by atoms with Crippen molar-refractivity contribution in [1.82, 2.24) is 5.32 Å². The van der Waals surface area contributed by atoms with Gasteiger partial charge in [-0.15, -0.1) is 0 Å². The highest BCUT2D eigenvalue weighted by atomic mass is 16.4. The van der Waals surface area contributed by atoms with Crippen LogP contribution in [-0.2, 0) is 9.59 Å². The van der Waals surface area contributed by atoms with Gasteiger partial charge in [0.25, 0.3) is 0 Å². The molecule has 0 aliphatic heterocycles. The monoisotopic (exact) mass is 225 g/mol. The largest absolute Gasteiger partial charge is 0.480 e. The number of carboxylic acids is 1. The van der Waals surface area contributed by atoms with Crippen molar-refractivity contribution >= 4 is 11.9 Å². The fraction of sp³-hybridized carbons (Fsp3) is 0.500. The Hall–Kier alpha value is -1.58. The number of hydrogen-bond donors (Lipinski definition) is 2. The van der Waals surface area contributed by atoms with E-state index in [1.807, 2.05) is 6.92 Å². The number of nitrogens with one attached hydrogen (secondary N) is 1. The molecule has 16 heavy (non-hydrogen) atoms. The van der Waals surface area contributed by atoms with Crippen molar-refractivity contribution in [1.29, 1.82) is 0 Å². The number of hydrogen-bond acceptors (Lipinski definition) is 2. The maximum atomic E-state index is 11.4. The molecule has 90 valence electrons. The molecule has 1 unspecified atom stereocenters. The summed E-state index contributed by atoms with van der Waals surface area (Å²) >= 11 is 0. The minimum absolute atomic E-state index is 0.402. The van der Waals surface area contributed by atoms with Gasteiger partial charge in [0.1, 0.15) is 6.04 Å². The Labute approximate surface area is 96.0 Å². The molecule has 0 bridgehead atoms. The molecule has 0 radical (unpaired) electrons. The molecule has 0 saturated heterocycles. The van der Waals surface area contributed by atoms with E-state index < -0.39 is 23.3 Å². The van der Waals surface area contributed by atoms with Crippen LogP contribution < -0.4 is 5.32 Å². The summed E-state index contributed by atoms with van der Waals surface area (Å²) in [6, 6.07) is -0.893. The highest BCUT2D eigenvalue weighted by Gasteiger charge is 2.31. The molecule has 0 fully saturated rings. The third kappa shape index (κ3) is 5.34. The van der Waals surface area contributed by atoms with E-state index in [1.165, 1.54) is 6.08 Å². The Bertz CT molecular complexity index is 311. The zero-order valence-corrected chi connectivity index (χ0v) is 10.2. The summed E-state index contributed by atoms with van der Waals surface area (Å²) in [4.78, 5) is 22.3. The molecule has 1 atom stereocenters. The van der Waals surface area contributed by atoms with Crippen LogP contribution in [0.5, 0.6) is 0 Å². The molecule has 4 nitrogen and oxygen atoms in total. The van der Waals surface area contributed by atoms with Crippen molar-refractivity contribution in [2.24, 2.45) is 5.41 Å². The van der Waals surface area contributed by atoms with E-state index >= 15 is 0 Å². The van der Waals surface area contributed by atoms with Gasteiger partial charge in [0.15, 0.2) is 0 Å². The summed E-state index contributed by atoms with van der Waals surface area (Å²) in [5.41, 5.74) is -0.518. The smallest absolute Gasteiger partial charge is 0.326 e. The SMILES string of the molecule is C/C=C/C=C/C(=O)NC(C(=O)O)C(C)(C)C. The lowest BCUT2D eigenvalue weighted by Gasteiger charge is -2.27. The quantitative estimate of drug-likeness (QED) is 0.565. The molecule has 0 aromatic rings. The average molecular weight is 225 g/mol. The van der Waals surface area contributed by atoms with Crippen LogP contribution in [0.3, 0.4) is 0 Å². The lowest BCUT2D eigenvalue weighted by molar-refractivity contribution is -0.144. The van der Waals surface area contributed by atoms with Gasteiger partial charge in [-0.05, 0) is 12.3 Å². The predicted octanol–water partition coefficient (Wildman–Crippen LogP) is 1.73. The second-order valence-corrected chi connectivity index (χ2v) is 4.53. The highest BCUT2D eigenvalue weighted by Crippen LogP contribution is 2.19. The number of rotatable bonds is 4. The second kappa shape index (κ2) is 6.10. The Morgan fingerprint density at radius 3 is 2.19 bits per heavy atom. The maximum Gasteiger partial charge on any atom is 0.326 e. The molecular weight excluding hydrogens is 206 g/mol. The van der Waals surface area contributed by atoms with Crippen LogP contribution in [0.15, 0.2) is 24.3 Å². The van der Waals surface area contributed by atoms with Gasteiger partial charge in [-0.2, -0.15) is 0 Å². The van der Waals surface area contributed by atoms with E-state index in [9.17, 15) is 9.59 Å². The van der Waals surface area contributed by atoms with Crippen LogP contribution in [0.25, 0.3) is 0 Å². The zero-order chi connectivity index (χ0) is 12.8. The van der Waals surface area contributed by atoms with Crippen molar-refractivity contribution in [3.63, 3.8) is 0 Å². The Balaban J connectivity index is 4.54. The molecule has 0 aromatic heterocycles. The van der Waals surface area contributed by atoms with E-state index in [4.69, 9.17) is 5.11 Å². The summed E-state index contributed by atoms with van der Waals surface area (Å²) < 4.78 is 0. The Morgan fingerprint density at radius 1 is 1.25 bits per heavy atom. The third-order valence-electron chi connectivity index (χ3n) is 1.95. The molecule has 0 heterocycles. The number of carbonyl (C=O) groups excluding carboxylic acids is 1. The van der Waals surface area contributed by atoms with E-state index in [-0.39, 0.29) is 0 Å². The van der Waals surface area contributed by atoms with Crippen molar-refractivity contribution < 1.29 is 14.7 Å². The lowest BCUT2D eigenvalue weighted by Crippen LogP contribution is -2.48. The normalized spacial score (nSPS) is 14.2. The second-order valence-electron chi connectivity index (χ2n) is 4.53. The van der Waals surface area contributed by atoms with Crippen LogP contribution in [0.2, 0.25) is 0 Å². The molecule has 4 heteroatoms.